The standard InChI is InChI=1S/C21H29N5O2/c1-14-9-15(2)26-20(22-14)10-19(23-26)21(27)25-12-16-3-4-18(25)13-24(11-16)17-5-7-28-8-6-17/h9-10,16-18H,3-8,11-13H2,1-2H3. The fraction of sp³-hybridized carbons (Fsp3) is 0.667. The van der Waals surface area contributed by atoms with Crippen molar-refractivity contribution in [3.05, 3.63) is 29.2 Å². The lowest BCUT2D eigenvalue weighted by atomic mass is 9.94. The third-order valence-corrected chi connectivity index (χ3v) is 6.66. The van der Waals surface area contributed by atoms with E-state index >= 15 is 0 Å². The maximum absolute atomic E-state index is 13.4. The summed E-state index contributed by atoms with van der Waals surface area (Å²) in [6, 6.07) is 4.73. The molecule has 0 N–H and O–H groups in total. The van der Waals surface area contributed by atoms with Gasteiger partial charge in [0.05, 0.1) is 0 Å². The highest BCUT2D eigenvalue weighted by molar-refractivity contribution is 5.93. The first-order chi connectivity index (χ1) is 13.6. The summed E-state index contributed by atoms with van der Waals surface area (Å²) in [6.07, 6.45) is 4.55. The van der Waals surface area contributed by atoms with Crippen LogP contribution in [0.2, 0.25) is 0 Å². The Morgan fingerprint density at radius 3 is 2.68 bits per heavy atom. The molecule has 2 aromatic rings. The first-order valence-corrected chi connectivity index (χ1v) is 10.6. The number of hydrogen-bond donors (Lipinski definition) is 0. The number of carbonyl (C=O) groups excluding carboxylic acids is 1. The molecule has 2 bridgehead atoms. The molecule has 4 saturated heterocycles. The predicted molar refractivity (Wildman–Crippen MR) is 105 cm³/mol. The summed E-state index contributed by atoms with van der Waals surface area (Å²) in [7, 11) is 0. The molecule has 4 fully saturated rings. The smallest absolute Gasteiger partial charge is 0.274 e. The van der Waals surface area contributed by atoms with Gasteiger partial charge < -0.3 is 9.64 Å². The summed E-state index contributed by atoms with van der Waals surface area (Å²) in [4.78, 5) is 22.6. The third kappa shape index (κ3) is 3.20. The van der Waals surface area contributed by atoms with E-state index in [1.807, 2.05) is 26.0 Å². The monoisotopic (exact) mass is 383 g/mol. The van der Waals surface area contributed by atoms with E-state index in [1.165, 1.54) is 6.42 Å². The lowest BCUT2D eigenvalue weighted by Gasteiger charge is -2.36. The fourth-order valence-electron chi connectivity index (χ4n) is 5.25. The minimum Gasteiger partial charge on any atom is -0.381 e. The molecule has 2 aromatic heterocycles. The van der Waals surface area contributed by atoms with Crippen molar-refractivity contribution in [1.29, 1.82) is 0 Å². The van der Waals surface area contributed by atoms with Crippen molar-refractivity contribution < 1.29 is 9.53 Å². The second-order valence-corrected chi connectivity index (χ2v) is 8.69. The molecule has 150 valence electrons. The zero-order chi connectivity index (χ0) is 19.3. The van der Waals surface area contributed by atoms with Crippen LogP contribution < -0.4 is 0 Å². The molecule has 2 atom stereocenters. The Bertz CT molecular complexity index is 888. The Morgan fingerprint density at radius 1 is 1.04 bits per heavy atom. The average Bonchev–Trinajstić information content (AvgIpc) is 2.91. The number of amides is 1. The van der Waals surface area contributed by atoms with Crippen molar-refractivity contribution in [1.82, 2.24) is 24.4 Å². The summed E-state index contributed by atoms with van der Waals surface area (Å²) >= 11 is 0. The van der Waals surface area contributed by atoms with Crippen molar-refractivity contribution in [2.75, 3.05) is 32.8 Å². The molecular weight excluding hydrogens is 354 g/mol. The van der Waals surface area contributed by atoms with E-state index in [-0.39, 0.29) is 11.9 Å². The zero-order valence-electron chi connectivity index (χ0n) is 16.8. The van der Waals surface area contributed by atoms with Crippen LogP contribution in [0.4, 0.5) is 0 Å². The van der Waals surface area contributed by atoms with E-state index in [1.54, 1.807) is 4.52 Å². The highest BCUT2D eigenvalue weighted by Crippen LogP contribution is 2.31. The molecule has 0 saturated carbocycles. The van der Waals surface area contributed by atoms with E-state index in [0.717, 1.165) is 69.1 Å². The maximum atomic E-state index is 13.4. The molecule has 6 heterocycles. The number of aryl methyl sites for hydroxylation is 2. The maximum Gasteiger partial charge on any atom is 0.274 e. The molecule has 0 aromatic carbocycles. The second-order valence-electron chi connectivity index (χ2n) is 8.69. The van der Waals surface area contributed by atoms with Gasteiger partial charge in [-0.25, -0.2) is 9.50 Å². The Hall–Kier alpha value is -1.99. The van der Waals surface area contributed by atoms with Gasteiger partial charge in [0, 0.05) is 62.4 Å². The quantitative estimate of drug-likeness (QED) is 0.794. The first kappa shape index (κ1) is 18.1. The van der Waals surface area contributed by atoms with Gasteiger partial charge in [-0.1, -0.05) is 0 Å². The van der Waals surface area contributed by atoms with Crippen molar-refractivity contribution in [3.63, 3.8) is 0 Å². The van der Waals surface area contributed by atoms with Crippen molar-refractivity contribution >= 4 is 11.6 Å². The van der Waals surface area contributed by atoms with E-state index in [0.29, 0.717) is 17.7 Å². The van der Waals surface area contributed by atoms with E-state index in [9.17, 15) is 4.79 Å². The fourth-order valence-corrected chi connectivity index (χ4v) is 5.25. The number of hydrogen-bond acceptors (Lipinski definition) is 5. The molecule has 6 rings (SSSR count). The molecule has 0 aliphatic carbocycles. The van der Waals surface area contributed by atoms with E-state index < -0.39 is 0 Å². The number of piperidine rings is 1. The van der Waals surface area contributed by atoms with Gasteiger partial charge in [-0.15, -0.1) is 0 Å². The minimum absolute atomic E-state index is 0.0612. The SMILES string of the molecule is Cc1cc(C)n2nc(C(=O)N3CC4CCC3CN(C3CCOCC3)C4)cc2n1. The van der Waals surface area contributed by atoms with Crippen molar-refractivity contribution in [2.45, 2.75) is 51.6 Å². The van der Waals surface area contributed by atoms with Gasteiger partial charge in [0.1, 0.15) is 0 Å². The van der Waals surface area contributed by atoms with Gasteiger partial charge >= 0.3 is 0 Å². The second kappa shape index (κ2) is 7.12. The Morgan fingerprint density at radius 2 is 1.86 bits per heavy atom. The number of aromatic nitrogens is 3. The molecule has 2 unspecified atom stereocenters. The summed E-state index contributed by atoms with van der Waals surface area (Å²) in [5.41, 5.74) is 3.23. The number of rotatable bonds is 2. The number of fused-ring (bicyclic) bond motifs is 5. The van der Waals surface area contributed by atoms with Crippen LogP contribution in [0, 0.1) is 19.8 Å². The first-order valence-electron chi connectivity index (χ1n) is 10.6. The van der Waals surface area contributed by atoms with Crippen molar-refractivity contribution in [2.24, 2.45) is 5.92 Å². The van der Waals surface area contributed by atoms with Crippen LogP contribution in [0.5, 0.6) is 0 Å². The van der Waals surface area contributed by atoms with Gasteiger partial charge in [-0.05, 0) is 51.5 Å². The predicted octanol–water partition coefficient (Wildman–Crippen LogP) is 2.06. The molecule has 0 spiro atoms. The largest absolute Gasteiger partial charge is 0.381 e. The number of nitrogens with zero attached hydrogens (tertiary/aromatic N) is 5. The van der Waals surface area contributed by atoms with Gasteiger partial charge in [0.15, 0.2) is 11.3 Å². The molecule has 28 heavy (non-hydrogen) atoms. The van der Waals surface area contributed by atoms with E-state index in [2.05, 4.69) is 19.9 Å². The summed E-state index contributed by atoms with van der Waals surface area (Å²) in [5.74, 6) is 0.621. The van der Waals surface area contributed by atoms with Crippen LogP contribution in [0.15, 0.2) is 12.1 Å². The van der Waals surface area contributed by atoms with Crippen LogP contribution in [0.1, 0.15) is 47.6 Å². The van der Waals surface area contributed by atoms with Crippen LogP contribution in [0.25, 0.3) is 5.65 Å². The van der Waals surface area contributed by atoms with Gasteiger partial charge in [-0.3, -0.25) is 9.69 Å². The minimum atomic E-state index is 0.0612. The number of carbonyl (C=O) groups is 1. The highest BCUT2D eigenvalue weighted by atomic mass is 16.5. The Balaban J connectivity index is 1.39. The van der Waals surface area contributed by atoms with Crippen LogP contribution >= 0.6 is 0 Å². The number of ether oxygens (including phenoxy) is 1. The normalized spacial score (nSPS) is 26.7. The van der Waals surface area contributed by atoms with Gasteiger partial charge in [0.2, 0.25) is 0 Å². The Kier molecular flexibility index (Phi) is 4.59. The van der Waals surface area contributed by atoms with Gasteiger partial charge in [0.25, 0.3) is 5.91 Å². The Labute approximate surface area is 165 Å². The van der Waals surface area contributed by atoms with E-state index in [4.69, 9.17) is 4.74 Å². The zero-order valence-corrected chi connectivity index (χ0v) is 16.8. The topological polar surface area (TPSA) is 63.0 Å². The molecule has 7 nitrogen and oxygen atoms in total. The summed E-state index contributed by atoms with van der Waals surface area (Å²) < 4.78 is 7.33. The lowest BCUT2D eigenvalue weighted by Crippen LogP contribution is -2.48. The average molecular weight is 383 g/mol. The van der Waals surface area contributed by atoms with Crippen LogP contribution in [0.3, 0.4) is 0 Å². The van der Waals surface area contributed by atoms with Crippen LogP contribution in [-0.4, -0.2) is 75.2 Å². The lowest BCUT2D eigenvalue weighted by molar-refractivity contribution is 0.0304. The molecule has 1 amide bonds. The van der Waals surface area contributed by atoms with Crippen molar-refractivity contribution in [3.8, 4) is 0 Å². The molecule has 4 aliphatic rings. The van der Waals surface area contributed by atoms with Crippen LogP contribution in [-0.2, 0) is 4.74 Å². The molecular formula is C21H29N5O2. The third-order valence-electron chi connectivity index (χ3n) is 6.66. The molecule has 7 heteroatoms. The van der Waals surface area contributed by atoms with Gasteiger partial charge in [-0.2, -0.15) is 5.10 Å². The molecule has 4 aliphatic heterocycles. The summed E-state index contributed by atoms with van der Waals surface area (Å²) in [5, 5.41) is 4.58. The molecule has 0 radical (unpaired) electrons. The summed E-state index contributed by atoms with van der Waals surface area (Å²) in [6.45, 7) is 8.65. The highest BCUT2D eigenvalue weighted by Gasteiger charge is 2.40.